The fourth-order valence-corrected chi connectivity index (χ4v) is 1.95. The smallest absolute Gasteiger partial charge is 0.252 e. The van der Waals surface area contributed by atoms with Crippen LogP contribution in [0.2, 0.25) is 0 Å². The van der Waals surface area contributed by atoms with Gasteiger partial charge in [-0.2, -0.15) is 0 Å². The molecular weight excluding hydrogens is 236 g/mol. The van der Waals surface area contributed by atoms with Gasteiger partial charge in [-0.25, -0.2) is 0 Å². The zero-order valence-corrected chi connectivity index (χ0v) is 11.1. The lowest BCUT2D eigenvalue weighted by Gasteiger charge is -2.43. The zero-order valence-electron chi connectivity index (χ0n) is 11.1. The number of allylic oxidation sites excluding steroid dienone is 1. The average molecular weight is 254 g/mol. The van der Waals surface area contributed by atoms with Gasteiger partial charge in [0, 0.05) is 5.41 Å². The topological polar surface area (TPSA) is 54.0 Å². The summed E-state index contributed by atoms with van der Waals surface area (Å²) in [6, 6.07) is 0. The fraction of sp³-hybridized carbons (Fsp3) is 0.615. The molecule has 18 heavy (non-hydrogen) atoms. The Labute approximate surface area is 106 Å². The van der Waals surface area contributed by atoms with Crippen molar-refractivity contribution >= 4 is 5.78 Å². The number of carbonyl (C=O) groups excluding carboxylic acids is 1. The normalized spacial score (nSPS) is 25.4. The van der Waals surface area contributed by atoms with Crippen LogP contribution in [0.4, 0.5) is 0 Å². The van der Waals surface area contributed by atoms with Crippen LogP contribution in [-0.4, -0.2) is 39.0 Å². The summed E-state index contributed by atoms with van der Waals surface area (Å²) >= 11 is 0. The number of hydrogen-bond donors (Lipinski definition) is 0. The van der Waals surface area contributed by atoms with Gasteiger partial charge >= 0.3 is 0 Å². The Balaban J connectivity index is 2.36. The van der Waals surface area contributed by atoms with E-state index < -0.39 is 5.79 Å². The third-order valence-electron chi connectivity index (χ3n) is 2.96. The van der Waals surface area contributed by atoms with E-state index in [1.165, 1.54) is 20.3 Å². The molecule has 1 aliphatic heterocycles. The Bertz CT molecular complexity index is 409. The summed E-state index contributed by atoms with van der Waals surface area (Å²) < 4.78 is 21.9. The predicted octanol–water partition coefficient (Wildman–Crippen LogP) is 1.40. The molecule has 1 fully saturated rings. The van der Waals surface area contributed by atoms with E-state index in [9.17, 15) is 4.79 Å². The lowest BCUT2D eigenvalue weighted by molar-refractivity contribution is -0.267. The van der Waals surface area contributed by atoms with Gasteiger partial charge in [0.1, 0.15) is 0 Å². The van der Waals surface area contributed by atoms with E-state index in [0.717, 1.165) is 0 Å². The summed E-state index contributed by atoms with van der Waals surface area (Å²) in [5, 5.41) is 0. The molecule has 5 heteroatoms. The van der Waals surface area contributed by atoms with E-state index in [0.29, 0.717) is 13.2 Å². The molecule has 0 unspecified atom stereocenters. The molecule has 1 aliphatic carbocycles. The summed E-state index contributed by atoms with van der Waals surface area (Å²) in [7, 11) is 2.89. The summed E-state index contributed by atoms with van der Waals surface area (Å²) in [6.07, 6.45) is 2.96. The highest BCUT2D eigenvalue weighted by Crippen LogP contribution is 2.38. The lowest BCUT2D eigenvalue weighted by Crippen LogP contribution is -2.49. The van der Waals surface area contributed by atoms with Crippen LogP contribution in [0.25, 0.3) is 0 Å². The molecule has 2 aliphatic rings. The van der Waals surface area contributed by atoms with Gasteiger partial charge in [-0.05, 0) is 12.2 Å². The van der Waals surface area contributed by atoms with Crippen molar-refractivity contribution in [3.8, 4) is 0 Å². The van der Waals surface area contributed by atoms with Gasteiger partial charge < -0.3 is 18.9 Å². The molecule has 0 atom stereocenters. The number of ketones is 1. The first kappa shape index (κ1) is 13.1. The van der Waals surface area contributed by atoms with Gasteiger partial charge in [-0.15, -0.1) is 0 Å². The minimum absolute atomic E-state index is 0.0629. The average Bonchev–Trinajstić information content (AvgIpc) is 2.35. The van der Waals surface area contributed by atoms with E-state index in [-0.39, 0.29) is 22.7 Å². The Morgan fingerprint density at radius 2 is 1.78 bits per heavy atom. The van der Waals surface area contributed by atoms with E-state index in [4.69, 9.17) is 18.9 Å². The van der Waals surface area contributed by atoms with E-state index in [1.54, 1.807) is 6.08 Å². The van der Waals surface area contributed by atoms with Gasteiger partial charge in [-0.1, -0.05) is 13.8 Å². The maximum atomic E-state index is 11.7. The van der Waals surface area contributed by atoms with Gasteiger partial charge in [0.05, 0.1) is 27.4 Å². The highest BCUT2D eigenvalue weighted by molar-refractivity contribution is 6.04. The Hall–Kier alpha value is -1.33. The van der Waals surface area contributed by atoms with E-state index >= 15 is 0 Å². The van der Waals surface area contributed by atoms with Crippen molar-refractivity contribution in [2.45, 2.75) is 19.6 Å². The quantitative estimate of drug-likeness (QED) is 0.745. The lowest BCUT2D eigenvalue weighted by atomic mass is 9.93. The first-order valence-corrected chi connectivity index (χ1v) is 5.78. The van der Waals surface area contributed by atoms with Crippen molar-refractivity contribution in [1.82, 2.24) is 0 Å². The first-order chi connectivity index (χ1) is 8.44. The van der Waals surface area contributed by atoms with Gasteiger partial charge in [0.2, 0.25) is 17.3 Å². The van der Waals surface area contributed by atoms with Crippen LogP contribution in [0.3, 0.4) is 0 Å². The van der Waals surface area contributed by atoms with Crippen LogP contribution in [-0.2, 0) is 23.7 Å². The molecule has 1 spiro atoms. The number of hydrogen-bond acceptors (Lipinski definition) is 5. The zero-order chi connectivity index (χ0) is 13.4. The molecule has 0 aromatic rings. The molecular formula is C13H18O5. The molecule has 0 N–H and O–H groups in total. The second kappa shape index (κ2) is 4.40. The molecule has 0 bridgehead atoms. The number of carbonyl (C=O) groups is 1. The van der Waals surface area contributed by atoms with E-state index in [2.05, 4.69) is 0 Å². The van der Waals surface area contributed by atoms with Crippen molar-refractivity contribution in [2.24, 2.45) is 5.41 Å². The van der Waals surface area contributed by atoms with Gasteiger partial charge in [-0.3, -0.25) is 4.79 Å². The van der Waals surface area contributed by atoms with Crippen LogP contribution in [0, 0.1) is 5.41 Å². The Kier molecular flexibility index (Phi) is 3.21. The Morgan fingerprint density at radius 3 is 2.28 bits per heavy atom. The standard InChI is InChI=1S/C13H18O5/c1-12(2)7-17-13(18-8-12)6-5-9(14)10(15-3)11(13)16-4/h5-6H,7-8H2,1-4H3. The third kappa shape index (κ3) is 2.04. The molecule has 0 radical (unpaired) electrons. The second-order valence-corrected chi connectivity index (χ2v) is 5.17. The van der Waals surface area contributed by atoms with Crippen molar-refractivity contribution in [3.05, 3.63) is 23.7 Å². The van der Waals surface area contributed by atoms with Crippen molar-refractivity contribution in [2.75, 3.05) is 27.4 Å². The largest absolute Gasteiger partial charge is 0.492 e. The summed E-state index contributed by atoms with van der Waals surface area (Å²) in [5.74, 6) is -0.992. The van der Waals surface area contributed by atoms with Gasteiger partial charge in [0.15, 0.2) is 0 Å². The molecule has 2 rings (SSSR count). The summed E-state index contributed by atoms with van der Waals surface area (Å²) in [4.78, 5) is 11.7. The minimum Gasteiger partial charge on any atom is -0.492 e. The highest BCUT2D eigenvalue weighted by atomic mass is 16.7. The van der Waals surface area contributed by atoms with Crippen LogP contribution < -0.4 is 0 Å². The first-order valence-electron chi connectivity index (χ1n) is 5.78. The SMILES string of the molecule is COC1=C(OC)C2(C=CC1=O)OCC(C)(C)CO2. The monoisotopic (exact) mass is 254 g/mol. The highest BCUT2D eigenvalue weighted by Gasteiger charge is 2.47. The maximum Gasteiger partial charge on any atom is 0.252 e. The predicted molar refractivity (Wildman–Crippen MR) is 63.6 cm³/mol. The molecule has 0 aromatic carbocycles. The van der Waals surface area contributed by atoms with Crippen LogP contribution >= 0.6 is 0 Å². The van der Waals surface area contributed by atoms with Crippen molar-refractivity contribution in [1.29, 1.82) is 0 Å². The summed E-state index contributed by atoms with van der Waals surface area (Å²) in [5.41, 5.74) is -0.0629. The molecule has 100 valence electrons. The molecule has 0 aromatic heterocycles. The van der Waals surface area contributed by atoms with E-state index in [1.807, 2.05) is 13.8 Å². The molecule has 0 amide bonds. The molecule has 1 saturated heterocycles. The van der Waals surface area contributed by atoms with Crippen LogP contribution in [0.15, 0.2) is 23.7 Å². The van der Waals surface area contributed by atoms with Gasteiger partial charge in [0.25, 0.3) is 5.79 Å². The van der Waals surface area contributed by atoms with Crippen molar-refractivity contribution in [3.63, 3.8) is 0 Å². The molecule has 1 heterocycles. The van der Waals surface area contributed by atoms with Crippen molar-refractivity contribution < 1.29 is 23.7 Å². The van der Waals surface area contributed by atoms with Crippen LogP contribution in [0.1, 0.15) is 13.8 Å². The number of ether oxygens (including phenoxy) is 4. The molecule has 0 saturated carbocycles. The van der Waals surface area contributed by atoms with Crippen LogP contribution in [0.5, 0.6) is 0 Å². The minimum atomic E-state index is -1.14. The second-order valence-electron chi connectivity index (χ2n) is 5.17. The number of rotatable bonds is 2. The maximum absolute atomic E-state index is 11.7. The summed E-state index contributed by atoms with van der Waals surface area (Å²) in [6.45, 7) is 5.11. The Morgan fingerprint density at radius 1 is 1.17 bits per heavy atom. The third-order valence-corrected chi connectivity index (χ3v) is 2.96. The number of methoxy groups -OCH3 is 2. The molecule has 5 nitrogen and oxygen atoms in total. The fourth-order valence-electron chi connectivity index (χ4n) is 1.95.